The molecular weight excluding hydrogens is 404 g/mol. The summed E-state index contributed by atoms with van der Waals surface area (Å²) in [5.41, 5.74) is 1.71. The number of anilines is 1. The summed E-state index contributed by atoms with van der Waals surface area (Å²) in [4.78, 5) is 38.2. The molecule has 0 saturated carbocycles. The maximum Gasteiger partial charge on any atom is 0.408 e. The fraction of sp³-hybridized carbons (Fsp3) is 0.500. The number of nitrogens with zero attached hydrogens (tertiary/aromatic N) is 1. The number of amides is 2. The Morgan fingerprint density at radius 1 is 1.31 bits per heavy atom. The number of nitrogens with one attached hydrogen (secondary N) is 1. The van der Waals surface area contributed by atoms with Gasteiger partial charge in [-0.05, 0) is 56.9 Å². The van der Waals surface area contributed by atoms with E-state index in [1.807, 2.05) is 12.1 Å². The number of carbonyl (C=O) groups excluding carboxylic acids is 2. The van der Waals surface area contributed by atoms with Crippen LogP contribution in [0.2, 0.25) is 0 Å². The molecule has 26 heavy (non-hydrogen) atoms. The topological polar surface area (TPSA) is 95.9 Å². The van der Waals surface area contributed by atoms with Gasteiger partial charge in [0.1, 0.15) is 17.7 Å². The maximum absolute atomic E-state index is 13.1. The highest BCUT2D eigenvalue weighted by atomic mass is 79.9. The Morgan fingerprint density at radius 2 is 1.96 bits per heavy atom. The lowest BCUT2D eigenvalue weighted by atomic mass is 10.0. The molecule has 2 amide bonds. The number of halogens is 1. The maximum atomic E-state index is 13.1. The monoisotopic (exact) mass is 424 g/mol. The molecule has 2 atom stereocenters. The molecule has 0 radical (unpaired) electrons. The summed E-state index contributed by atoms with van der Waals surface area (Å²) in [7, 11) is 0. The average molecular weight is 425 g/mol. The smallest absolute Gasteiger partial charge is 0.408 e. The first-order valence-corrected chi connectivity index (χ1v) is 9.23. The summed E-state index contributed by atoms with van der Waals surface area (Å²) in [6.07, 6.45) is 0.497. The largest absolute Gasteiger partial charge is 0.480 e. The second kappa shape index (κ2) is 6.57. The fourth-order valence-corrected chi connectivity index (χ4v) is 4.02. The van der Waals surface area contributed by atoms with Crippen molar-refractivity contribution in [2.24, 2.45) is 0 Å². The lowest BCUT2D eigenvalue weighted by Gasteiger charge is -2.27. The Hall–Kier alpha value is -2.09. The van der Waals surface area contributed by atoms with Gasteiger partial charge < -0.3 is 15.2 Å². The zero-order valence-corrected chi connectivity index (χ0v) is 16.4. The third-order valence-electron chi connectivity index (χ3n) is 4.41. The van der Waals surface area contributed by atoms with Gasteiger partial charge in [-0.15, -0.1) is 0 Å². The first kappa shape index (κ1) is 18.7. The summed E-state index contributed by atoms with van der Waals surface area (Å²) in [5, 5.41) is 12.2. The van der Waals surface area contributed by atoms with E-state index in [1.165, 1.54) is 4.90 Å². The molecule has 0 bridgehead atoms. The molecular formula is C18H21BrN2O5. The molecule has 1 aromatic carbocycles. The lowest BCUT2D eigenvalue weighted by Crippen LogP contribution is -2.53. The van der Waals surface area contributed by atoms with Gasteiger partial charge in [-0.2, -0.15) is 0 Å². The van der Waals surface area contributed by atoms with Crippen LogP contribution in [0.3, 0.4) is 0 Å². The van der Waals surface area contributed by atoms with E-state index in [0.29, 0.717) is 18.5 Å². The molecule has 0 saturated heterocycles. The number of aliphatic carboxylic acids is 1. The Morgan fingerprint density at radius 3 is 2.58 bits per heavy atom. The van der Waals surface area contributed by atoms with Crippen LogP contribution in [-0.2, 0) is 27.2 Å². The molecule has 1 aromatic rings. The highest BCUT2D eigenvalue weighted by Gasteiger charge is 2.44. The van der Waals surface area contributed by atoms with Crippen molar-refractivity contribution in [3.63, 3.8) is 0 Å². The van der Waals surface area contributed by atoms with E-state index in [9.17, 15) is 19.5 Å². The number of benzene rings is 1. The number of carboxylic acids is 1. The van der Waals surface area contributed by atoms with Gasteiger partial charge in [0, 0.05) is 10.9 Å². The minimum Gasteiger partial charge on any atom is -0.480 e. The molecule has 7 nitrogen and oxygen atoms in total. The van der Waals surface area contributed by atoms with Crippen LogP contribution in [0.4, 0.5) is 10.5 Å². The summed E-state index contributed by atoms with van der Waals surface area (Å²) in [5.74, 6) is -1.47. The molecule has 0 spiro atoms. The van der Waals surface area contributed by atoms with Crippen LogP contribution < -0.4 is 10.2 Å². The molecule has 2 N–H and O–H groups in total. The van der Waals surface area contributed by atoms with Crippen LogP contribution in [0.15, 0.2) is 16.6 Å². The van der Waals surface area contributed by atoms with Crippen molar-refractivity contribution in [3.05, 3.63) is 27.7 Å². The minimum atomic E-state index is -1.06. The zero-order valence-electron chi connectivity index (χ0n) is 14.8. The molecule has 0 fully saturated rings. The van der Waals surface area contributed by atoms with E-state index in [0.717, 1.165) is 15.6 Å². The Kier molecular flexibility index (Phi) is 4.72. The van der Waals surface area contributed by atoms with Crippen LogP contribution in [0.25, 0.3) is 0 Å². The second-order valence-corrected chi connectivity index (χ2v) is 8.49. The van der Waals surface area contributed by atoms with Gasteiger partial charge in [-0.1, -0.05) is 15.9 Å². The second-order valence-electron chi connectivity index (χ2n) is 7.58. The number of carboxylic acid groups (broad SMARTS) is 1. The van der Waals surface area contributed by atoms with E-state index in [1.54, 1.807) is 20.8 Å². The van der Waals surface area contributed by atoms with Crippen molar-refractivity contribution in [2.75, 3.05) is 4.90 Å². The van der Waals surface area contributed by atoms with Crippen LogP contribution >= 0.6 is 15.9 Å². The zero-order chi connectivity index (χ0) is 19.2. The van der Waals surface area contributed by atoms with Crippen LogP contribution in [0.5, 0.6) is 0 Å². The van der Waals surface area contributed by atoms with E-state index in [4.69, 9.17) is 4.74 Å². The third-order valence-corrected chi connectivity index (χ3v) is 4.87. The van der Waals surface area contributed by atoms with Crippen LogP contribution in [0.1, 0.15) is 38.3 Å². The Bertz CT molecular complexity index is 787. The normalized spacial score (nSPS) is 21.8. The van der Waals surface area contributed by atoms with Gasteiger partial charge in [0.25, 0.3) is 5.91 Å². The van der Waals surface area contributed by atoms with Gasteiger partial charge in [-0.25, -0.2) is 9.59 Å². The summed E-state index contributed by atoms with van der Waals surface area (Å²) >= 11 is 3.45. The number of rotatable bonds is 2. The standard InChI is InChI=1S/C18H21BrN2O5/c1-18(2,3)26-17(25)20-12-5-4-9-6-11(19)7-10-8-13(16(23)24)21(14(9)10)15(12)22/h6-7,12-13H,4-5,8H2,1-3H3,(H,20,25)(H,23,24)/t12-,13-/m0/s1. The van der Waals surface area contributed by atoms with Gasteiger partial charge in [-0.3, -0.25) is 9.69 Å². The van der Waals surface area contributed by atoms with Crippen LogP contribution in [0, 0.1) is 0 Å². The van der Waals surface area contributed by atoms with Gasteiger partial charge in [0.15, 0.2) is 0 Å². The fourth-order valence-electron chi connectivity index (χ4n) is 3.46. The highest BCUT2D eigenvalue weighted by molar-refractivity contribution is 9.10. The molecule has 2 heterocycles. The average Bonchev–Trinajstić information content (AvgIpc) is 2.81. The Labute approximate surface area is 159 Å². The highest BCUT2D eigenvalue weighted by Crippen LogP contribution is 2.41. The summed E-state index contributed by atoms with van der Waals surface area (Å²) in [6, 6.07) is 1.96. The number of hydrogen-bond acceptors (Lipinski definition) is 4. The number of aryl methyl sites for hydroxylation is 1. The van der Waals surface area contributed by atoms with Gasteiger partial charge in [0.2, 0.25) is 0 Å². The molecule has 2 aliphatic rings. The number of alkyl carbamates (subject to hydrolysis) is 1. The van der Waals surface area contributed by atoms with Crippen molar-refractivity contribution in [1.82, 2.24) is 5.32 Å². The molecule has 140 valence electrons. The lowest BCUT2D eigenvalue weighted by molar-refractivity contribution is -0.140. The first-order chi connectivity index (χ1) is 12.1. The quantitative estimate of drug-likeness (QED) is 0.760. The van der Waals surface area contributed by atoms with E-state index in [-0.39, 0.29) is 6.42 Å². The van der Waals surface area contributed by atoms with E-state index < -0.39 is 35.7 Å². The predicted octanol–water partition coefficient (Wildman–Crippen LogP) is 2.63. The van der Waals surface area contributed by atoms with Crippen molar-refractivity contribution in [3.8, 4) is 0 Å². The van der Waals surface area contributed by atoms with E-state index >= 15 is 0 Å². The number of hydrogen-bond donors (Lipinski definition) is 2. The molecule has 2 aliphatic heterocycles. The molecule has 3 rings (SSSR count). The SMILES string of the molecule is CC(C)(C)OC(=O)N[C@H]1CCc2cc(Br)cc3c2N(C1=O)[C@H](C(=O)O)C3. The number of carbonyl (C=O) groups is 3. The van der Waals surface area contributed by atoms with Crippen molar-refractivity contribution >= 4 is 39.6 Å². The number of ether oxygens (including phenoxy) is 1. The molecule has 0 aromatic heterocycles. The molecule has 0 unspecified atom stereocenters. The minimum absolute atomic E-state index is 0.252. The third kappa shape index (κ3) is 3.56. The van der Waals surface area contributed by atoms with Gasteiger partial charge in [0.05, 0.1) is 5.69 Å². The van der Waals surface area contributed by atoms with Crippen molar-refractivity contribution in [1.29, 1.82) is 0 Å². The molecule has 0 aliphatic carbocycles. The van der Waals surface area contributed by atoms with E-state index in [2.05, 4.69) is 21.2 Å². The summed E-state index contributed by atoms with van der Waals surface area (Å²) < 4.78 is 6.09. The molecule has 8 heteroatoms. The predicted molar refractivity (Wildman–Crippen MR) is 98.2 cm³/mol. The first-order valence-electron chi connectivity index (χ1n) is 8.43. The van der Waals surface area contributed by atoms with Crippen molar-refractivity contribution in [2.45, 2.75) is 57.7 Å². The summed E-state index contributed by atoms with van der Waals surface area (Å²) in [6.45, 7) is 5.21. The van der Waals surface area contributed by atoms with Gasteiger partial charge >= 0.3 is 12.1 Å². The van der Waals surface area contributed by atoms with Crippen molar-refractivity contribution < 1.29 is 24.2 Å². The Balaban J connectivity index is 1.93. The van der Waals surface area contributed by atoms with Crippen LogP contribution in [-0.4, -0.2) is 40.8 Å².